The summed E-state index contributed by atoms with van der Waals surface area (Å²) >= 11 is 6.16. The number of aldehydes is 1. The molecule has 3 aromatic carbocycles. The number of ether oxygens (including phenoxy) is 1. The molecule has 0 atom stereocenters. The van der Waals surface area contributed by atoms with E-state index in [1.165, 1.54) is 6.07 Å². The van der Waals surface area contributed by atoms with Crippen molar-refractivity contribution in [3.63, 3.8) is 0 Å². The SMILES string of the molecule is C[N+]1(C)CCC(OC(=O)Nc2cc(CCCC(=O)Nc3ccc(C=O)cc3Cl)ccc2-c2ccccc2)CC1. The second-order valence-electron chi connectivity index (χ2n) is 10.6. The number of likely N-dealkylation sites (tertiary alicyclic amines) is 1. The number of carbonyl (C=O) groups excluding carboxylic acids is 3. The number of piperidine rings is 1. The Hall–Kier alpha value is -3.68. The molecule has 1 aliphatic rings. The number of carbonyl (C=O) groups is 3. The van der Waals surface area contributed by atoms with E-state index in [0.29, 0.717) is 47.5 Å². The summed E-state index contributed by atoms with van der Waals surface area (Å²) in [7, 11) is 4.39. The maximum absolute atomic E-state index is 12.9. The first-order valence-electron chi connectivity index (χ1n) is 13.2. The van der Waals surface area contributed by atoms with Gasteiger partial charge in [0.2, 0.25) is 5.91 Å². The maximum atomic E-state index is 12.9. The van der Waals surface area contributed by atoms with Gasteiger partial charge in [-0.05, 0) is 48.2 Å². The van der Waals surface area contributed by atoms with Crippen LogP contribution in [0.25, 0.3) is 11.1 Å². The molecule has 8 heteroatoms. The van der Waals surface area contributed by atoms with Crippen LogP contribution in [0.15, 0.2) is 66.7 Å². The molecule has 0 unspecified atom stereocenters. The Kier molecular flexibility index (Phi) is 9.38. The van der Waals surface area contributed by atoms with Crippen molar-refractivity contribution >= 4 is 41.3 Å². The first kappa shape index (κ1) is 28.3. The van der Waals surface area contributed by atoms with Crippen LogP contribution in [0, 0.1) is 0 Å². The van der Waals surface area contributed by atoms with Crippen molar-refractivity contribution < 1.29 is 23.6 Å². The van der Waals surface area contributed by atoms with Crippen molar-refractivity contribution in [1.82, 2.24) is 0 Å². The highest BCUT2D eigenvalue weighted by atomic mass is 35.5. The Morgan fingerprint density at radius 1 is 0.974 bits per heavy atom. The zero-order valence-corrected chi connectivity index (χ0v) is 23.2. The van der Waals surface area contributed by atoms with E-state index in [4.69, 9.17) is 16.3 Å². The Balaban J connectivity index is 1.39. The number of anilines is 2. The van der Waals surface area contributed by atoms with Gasteiger partial charge in [-0.1, -0.05) is 54.1 Å². The normalized spacial score (nSPS) is 14.8. The van der Waals surface area contributed by atoms with E-state index in [2.05, 4.69) is 24.7 Å². The van der Waals surface area contributed by atoms with Crippen molar-refractivity contribution in [3.8, 4) is 11.1 Å². The van der Waals surface area contributed by atoms with Gasteiger partial charge in [0.1, 0.15) is 12.4 Å². The van der Waals surface area contributed by atoms with E-state index in [0.717, 1.165) is 47.1 Å². The highest BCUT2D eigenvalue weighted by molar-refractivity contribution is 6.34. The molecule has 1 fully saturated rings. The lowest BCUT2D eigenvalue weighted by Crippen LogP contribution is -2.48. The van der Waals surface area contributed by atoms with E-state index in [1.54, 1.807) is 12.1 Å². The van der Waals surface area contributed by atoms with E-state index in [1.807, 2.05) is 48.5 Å². The van der Waals surface area contributed by atoms with Gasteiger partial charge in [0.15, 0.2) is 0 Å². The summed E-state index contributed by atoms with van der Waals surface area (Å²) in [5.74, 6) is -0.159. The van der Waals surface area contributed by atoms with E-state index in [-0.39, 0.29) is 12.0 Å². The number of aryl methyl sites for hydroxylation is 1. The first-order valence-corrected chi connectivity index (χ1v) is 13.6. The van der Waals surface area contributed by atoms with Crippen LogP contribution < -0.4 is 10.6 Å². The van der Waals surface area contributed by atoms with Crippen LogP contribution in [0.2, 0.25) is 5.02 Å². The minimum Gasteiger partial charge on any atom is -0.446 e. The monoisotopic (exact) mass is 548 g/mol. The minimum atomic E-state index is -0.446. The molecule has 39 heavy (non-hydrogen) atoms. The third-order valence-corrected chi connectivity index (χ3v) is 7.38. The molecule has 0 aromatic heterocycles. The number of hydrogen-bond donors (Lipinski definition) is 2. The smallest absolute Gasteiger partial charge is 0.411 e. The lowest BCUT2D eigenvalue weighted by Gasteiger charge is -2.36. The molecule has 1 aliphatic heterocycles. The molecule has 7 nitrogen and oxygen atoms in total. The largest absolute Gasteiger partial charge is 0.446 e. The number of hydrogen-bond acceptors (Lipinski definition) is 4. The number of nitrogens with one attached hydrogen (secondary N) is 2. The number of rotatable bonds is 9. The van der Waals surface area contributed by atoms with E-state index >= 15 is 0 Å². The van der Waals surface area contributed by atoms with Crippen LogP contribution in [0.3, 0.4) is 0 Å². The average molecular weight is 549 g/mol. The molecule has 0 saturated carbocycles. The van der Waals surface area contributed by atoms with E-state index < -0.39 is 6.09 Å². The van der Waals surface area contributed by atoms with Gasteiger partial charge in [-0.2, -0.15) is 0 Å². The second kappa shape index (κ2) is 12.9. The topological polar surface area (TPSA) is 84.5 Å². The zero-order valence-electron chi connectivity index (χ0n) is 22.4. The molecule has 3 aromatic rings. The van der Waals surface area contributed by atoms with Gasteiger partial charge in [0.25, 0.3) is 0 Å². The quantitative estimate of drug-likeness (QED) is 0.234. The molecule has 4 rings (SSSR count). The molecule has 0 spiro atoms. The molecule has 1 heterocycles. The minimum absolute atomic E-state index is 0.0823. The van der Waals surface area contributed by atoms with Gasteiger partial charge in [0.05, 0.1) is 43.6 Å². The summed E-state index contributed by atoms with van der Waals surface area (Å²) < 4.78 is 6.71. The predicted molar refractivity (Wildman–Crippen MR) is 155 cm³/mol. The average Bonchev–Trinajstić information content (AvgIpc) is 2.91. The Morgan fingerprint density at radius 2 is 1.72 bits per heavy atom. The summed E-state index contributed by atoms with van der Waals surface area (Å²) in [4.78, 5) is 36.2. The van der Waals surface area contributed by atoms with Crippen molar-refractivity contribution in [3.05, 3.63) is 82.9 Å². The molecule has 2 amide bonds. The summed E-state index contributed by atoms with van der Waals surface area (Å²) in [6.45, 7) is 1.96. The lowest BCUT2D eigenvalue weighted by atomic mass is 9.99. The molecule has 1 saturated heterocycles. The fourth-order valence-electron chi connectivity index (χ4n) is 4.74. The highest BCUT2D eigenvalue weighted by Gasteiger charge is 2.28. The fourth-order valence-corrected chi connectivity index (χ4v) is 4.98. The first-order chi connectivity index (χ1) is 18.7. The highest BCUT2D eigenvalue weighted by Crippen LogP contribution is 2.30. The van der Waals surface area contributed by atoms with Gasteiger partial charge >= 0.3 is 6.09 Å². The molecule has 0 bridgehead atoms. The molecule has 0 radical (unpaired) electrons. The van der Waals surface area contributed by atoms with Gasteiger partial charge in [-0.25, -0.2) is 4.79 Å². The van der Waals surface area contributed by atoms with Crippen LogP contribution in [0.4, 0.5) is 16.2 Å². The van der Waals surface area contributed by atoms with Crippen LogP contribution in [-0.2, 0) is 16.0 Å². The number of amides is 2. The van der Waals surface area contributed by atoms with Crippen LogP contribution in [0.5, 0.6) is 0 Å². The molecule has 0 aliphatic carbocycles. The second-order valence-corrected chi connectivity index (χ2v) is 11.0. The maximum Gasteiger partial charge on any atom is 0.411 e. The Bertz CT molecular complexity index is 1320. The standard InChI is InChI=1S/C31H34ClN3O4/c1-35(2)17-15-25(16-18-35)39-31(38)34-29-20-22(11-13-26(29)24-8-4-3-5-9-24)7-6-10-30(37)33-28-14-12-23(21-36)19-27(28)32/h3-5,8-9,11-14,19-21,25H,6-7,10,15-18H2,1-2H3,(H-,33,34,36,37,38)/p+1. The van der Waals surface area contributed by atoms with Crippen molar-refractivity contribution in [2.24, 2.45) is 0 Å². The van der Waals surface area contributed by atoms with Crippen molar-refractivity contribution in [2.75, 3.05) is 37.8 Å². The number of halogens is 1. The Labute approximate surface area is 234 Å². The van der Waals surface area contributed by atoms with Crippen LogP contribution in [0.1, 0.15) is 41.6 Å². The summed E-state index contributed by atoms with van der Waals surface area (Å²) in [5, 5.41) is 6.10. The van der Waals surface area contributed by atoms with Crippen LogP contribution in [-0.4, -0.2) is 56.1 Å². The molecular formula is C31H35ClN3O4+. The van der Waals surface area contributed by atoms with Gasteiger partial charge in [0, 0.05) is 30.4 Å². The van der Waals surface area contributed by atoms with Crippen molar-refractivity contribution in [1.29, 1.82) is 0 Å². The Morgan fingerprint density at radius 3 is 2.41 bits per heavy atom. The van der Waals surface area contributed by atoms with Crippen LogP contribution >= 0.6 is 11.6 Å². The molecular weight excluding hydrogens is 514 g/mol. The summed E-state index contributed by atoms with van der Waals surface area (Å²) in [6, 6.07) is 20.6. The molecule has 2 N–H and O–H groups in total. The third-order valence-electron chi connectivity index (χ3n) is 7.06. The summed E-state index contributed by atoms with van der Waals surface area (Å²) in [6.07, 6.45) is 3.44. The number of quaternary nitrogens is 1. The van der Waals surface area contributed by atoms with Gasteiger partial charge < -0.3 is 14.5 Å². The predicted octanol–water partition coefficient (Wildman–Crippen LogP) is 6.57. The summed E-state index contributed by atoms with van der Waals surface area (Å²) in [5.41, 5.74) is 4.51. The van der Waals surface area contributed by atoms with Crippen molar-refractivity contribution in [2.45, 2.75) is 38.2 Å². The van der Waals surface area contributed by atoms with E-state index in [9.17, 15) is 14.4 Å². The fraction of sp³-hybridized carbons (Fsp3) is 0.323. The lowest BCUT2D eigenvalue weighted by molar-refractivity contribution is -0.896. The zero-order chi connectivity index (χ0) is 27.8. The number of benzene rings is 3. The van der Waals surface area contributed by atoms with Gasteiger partial charge in [-0.3, -0.25) is 14.9 Å². The number of nitrogens with zero attached hydrogens (tertiary/aromatic N) is 1. The molecule has 204 valence electrons. The van der Waals surface area contributed by atoms with Gasteiger partial charge in [-0.15, -0.1) is 0 Å². The third kappa shape index (κ3) is 8.15.